The van der Waals surface area contributed by atoms with Crippen LogP contribution in [0.2, 0.25) is 5.02 Å². The first-order valence-corrected chi connectivity index (χ1v) is 9.20. The van der Waals surface area contributed by atoms with Crippen LogP contribution in [0.5, 0.6) is 0 Å². The molecule has 2 aromatic rings. The second-order valence-electron chi connectivity index (χ2n) is 5.41. The zero-order valence-electron chi connectivity index (χ0n) is 14.1. The van der Waals surface area contributed by atoms with Crippen molar-refractivity contribution in [2.75, 3.05) is 21.2 Å². The molecule has 0 unspecified atom stereocenters. The minimum absolute atomic E-state index is 0.0498. The SMILES string of the molecule is CON(C)S(=O)(=O)c1ccc(C(=O)N(C)Cc2ccc(Cl)cc2)cc1. The Hall–Kier alpha value is -1.93. The maximum absolute atomic E-state index is 12.5. The van der Waals surface area contributed by atoms with Crippen molar-refractivity contribution in [1.82, 2.24) is 9.37 Å². The molecule has 2 aromatic carbocycles. The van der Waals surface area contributed by atoms with Crippen LogP contribution < -0.4 is 0 Å². The van der Waals surface area contributed by atoms with Gasteiger partial charge in [0.25, 0.3) is 15.9 Å². The van der Waals surface area contributed by atoms with Gasteiger partial charge in [0.1, 0.15) is 0 Å². The van der Waals surface area contributed by atoms with E-state index in [1.54, 1.807) is 24.1 Å². The van der Waals surface area contributed by atoms with Gasteiger partial charge in [0.05, 0.1) is 12.0 Å². The smallest absolute Gasteiger partial charge is 0.264 e. The van der Waals surface area contributed by atoms with Crippen LogP contribution in [-0.2, 0) is 21.4 Å². The van der Waals surface area contributed by atoms with Crippen molar-refractivity contribution >= 4 is 27.5 Å². The van der Waals surface area contributed by atoms with Gasteiger partial charge in [-0.15, -0.1) is 0 Å². The second kappa shape index (κ2) is 7.97. The maximum atomic E-state index is 12.5. The third-order valence-corrected chi connectivity index (χ3v) is 5.62. The van der Waals surface area contributed by atoms with Crippen LogP contribution in [0.1, 0.15) is 15.9 Å². The van der Waals surface area contributed by atoms with Crippen molar-refractivity contribution in [3.05, 3.63) is 64.7 Å². The van der Waals surface area contributed by atoms with E-state index in [9.17, 15) is 13.2 Å². The summed E-state index contributed by atoms with van der Waals surface area (Å²) in [6.07, 6.45) is 0. The van der Waals surface area contributed by atoms with Crippen molar-refractivity contribution in [1.29, 1.82) is 0 Å². The maximum Gasteiger partial charge on any atom is 0.264 e. The number of rotatable bonds is 6. The number of carbonyl (C=O) groups is 1. The Morgan fingerprint density at radius 3 is 2.12 bits per heavy atom. The third kappa shape index (κ3) is 4.58. The summed E-state index contributed by atoms with van der Waals surface area (Å²) in [5.74, 6) is -0.209. The number of hydrogen-bond donors (Lipinski definition) is 0. The lowest BCUT2D eigenvalue weighted by molar-refractivity contribution is -0.0258. The lowest BCUT2D eigenvalue weighted by atomic mass is 10.1. The summed E-state index contributed by atoms with van der Waals surface area (Å²) < 4.78 is 25.0. The summed E-state index contributed by atoms with van der Waals surface area (Å²) >= 11 is 5.85. The number of halogens is 1. The minimum Gasteiger partial charge on any atom is -0.337 e. The van der Waals surface area contributed by atoms with Gasteiger partial charge >= 0.3 is 0 Å². The summed E-state index contributed by atoms with van der Waals surface area (Å²) in [6, 6.07) is 13.0. The largest absolute Gasteiger partial charge is 0.337 e. The van der Waals surface area contributed by atoms with Gasteiger partial charge in [0.15, 0.2) is 0 Å². The van der Waals surface area contributed by atoms with E-state index in [0.717, 1.165) is 10.0 Å². The highest BCUT2D eigenvalue weighted by Gasteiger charge is 2.21. The molecule has 0 radical (unpaired) electrons. The average molecular weight is 383 g/mol. The minimum atomic E-state index is -3.73. The second-order valence-corrected chi connectivity index (χ2v) is 7.78. The van der Waals surface area contributed by atoms with Gasteiger partial charge < -0.3 is 4.90 Å². The Morgan fingerprint density at radius 1 is 1.04 bits per heavy atom. The van der Waals surface area contributed by atoms with Crippen LogP contribution in [-0.4, -0.2) is 44.9 Å². The lowest BCUT2D eigenvalue weighted by Crippen LogP contribution is -2.27. The molecule has 0 spiro atoms. The molecule has 0 aliphatic heterocycles. The Labute approximate surface area is 152 Å². The van der Waals surface area contributed by atoms with Crippen LogP contribution in [0, 0.1) is 0 Å². The Balaban J connectivity index is 2.13. The Morgan fingerprint density at radius 2 is 1.60 bits per heavy atom. The fourth-order valence-electron chi connectivity index (χ4n) is 2.17. The fourth-order valence-corrected chi connectivity index (χ4v) is 3.27. The standard InChI is InChI=1S/C17H19ClN2O4S/c1-19(12-13-4-8-15(18)9-5-13)17(21)14-6-10-16(11-7-14)25(22,23)20(2)24-3/h4-11H,12H2,1-3H3. The van der Waals surface area contributed by atoms with Crippen molar-refractivity contribution in [3.63, 3.8) is 0 Å². The molecule has 0 bridgehead atoms. The van der Waals surface area contributed by atoms with E-state index in [2.05, 4.69) is 0 Å². The fraction of sp³-hybridized carbons (Fsp3) is 0.235. The first-order chi connectivity index (χ1) is 11.8. The van der Waals surface area contributed by atoms with Crippen molar-refractivity contribution < 1.29 is 18.0 Å². The highest BCUT2D eigenvalue weighted by molar-refractivity contribution is 7.89. The van der Waals surface area contributed by atoms with Crippen LogP contribution in [0.15, 0.2) is 53.4 Å². The molecule has 1 amide bonds. The topological polar surface area (TPSA) is 66.9 Å². The summed E-state index contributed by atoms with van der Waals surface area (Å²) in [5.41, 5.74) is 1.34. The number of hydroxylamine groups is 1. The average Bonchev–Trinajstić information content (AvgIpc) is 2.62. The molecule has 0 atom stereocenters. The zero-order chi connectivity index (χ0) is 18.6. The molecule has 0 saturated heterocycles. The molecule has 6 nitrogen and oxygen atoms in total. The molecule has 0 N–H and O–H groups in total. The monoisotopic (exact) mass is 382 g/mol. The van der Waals surface area contributed by atoms with Gasteiger partial charge in [-0.1, -0.05) is 28.2 Å². The summed E-state index contributed by atoms with van der Waals surface area (Å²) in [5, 5.41) is 0.635. The van der Waals surface area contributed by atoms with Gasteiger partial charge in [0, 0.05) is 31.2 Å². The summed E-state index contributed by atoms with van der Waals surface area (Å²) in [6.45, 7) is 0.419. The molecule has 25 heavy (non-hydrogen) atoms. The summed E-state index contributed by atoms with van der Waals surface area (Å²) in [4.78, 5) is 18.8. The van der Waals surface area contributed by atoms with Gasteiger partial charge in [0.2, 0.25) is 0 Å². The van der Waals surface area contributed by atoms with Crippen molar-refractivity contribution in [2.45, 2.75) is 11.4 Å². The molecular weight excluding hydrogens is 364 g/mol. The Bertz CT molecular complexity index is 836. The first kappa shape index (κ1) is 19.4. The number of benzene rings is 2. The molecule has 134 valence electrons. The quantitative estimate of drug-likeness (QED) is 0.720. The van der Waals surface area contributed by atoms with Gasteiger partial charge in [-0.2, -0.15) is 0 Å². The van der Waals surface area contributed by atoms with Crippen molar-refractivity contribution in [3.8, 4) is 0 Å². The predicted molar refractivity (Wildman–Crippen MR) is 95.6 cm³/mol. The molecule has 0 fully saturated rings. The number of hydrogen-bond acceptors (Lipinski definition) is 4. The van der Waals surface area contributed by atoms with E-state index in [0.29, 0.717) is 17.1 Å². The highest BCUT2D eigenvalue weighted by Crippen LogP contribution is 2.17. The van der Waals surface area contributed by atoms with E-state index in [1.807, 2.05) is 12.1 Å². The molecule has 0 aliphatic carbocycles. The number of amides is 1. The number of nitrogens with zero attached hydrogens (tertiary/aromatic N) is 2. The van der Waals surface area contributed by atoms with E-state index < -0.39 is 10.0 Å². The molecule has 0 saturated carbocycles. The van der Waals surface area contributed by atoms with Gasteiger partial charge in [-0.3, -0.25) is 9.63 Å². The molecule has 8 heteroatoms. The van der Waals surface area contributed by atoms with E-state index in [1.165, 1.54) is 38.4 Å². The molecule has 0 aromatic heterocycles. The predicted octanol–water partition coefficient (Wildman–Crippen LogP) is 2.79. The Kier molecular flexibility index (Phi) is 6.18. The lowest BCUT2D eigenvalue weighted by Gasteiger charge is -2.18. The third-order valence-electron chi connectivity index (χ3n) is 3.67. The van der Waals surface area contributed by atoms with E-state index in [-0.39, 0.29) is 10.8 Å². The van der Waals surface area contributed by atoms with Gasteiger partial charge in [-0.25, -0.2) is 8.42 Å². The number of sulfonamides is 1. The van der Waals surface area contributed by atoms with Crippen LogP contribution in [0.4, 0.5) is 0 Å². The van der Waals surface area contributed by atoms with E-state index in [4.69, 9.17) is 16.4 Å². The highest BCUT2D eigenvalue weighted by atomic mass is 35.5. The van der Waals surface area contributed by atoms with Crippen LogP contribution in [0.3, 0.4) is 0 Å². The van der Waals surface area contributed by atoms with E-state index >= 15 is 0 Å². The van der Waals surface area contributed by atoms with Crippen LogP contribution in [0.25, 0.3) is 0 Å². The zero-order valence-corrected chi connectivity index (χ0v) is 15.7. The summed E-state index contributed by atoms with van der Waals surface area (Å²) in [7, 11) is 0.515. The molecule has 0 heterocycles. The van der Waals surface area contributed by atoms with Crippen LogP contribution >= 0.6 is 11.6 Å². The normalized spacial score (nSPS) is 11.6. The molecule has 2 rings (SSSR count). The number of carbonyl (C=O) groups excluding carboxylic acids is 1. The molecule has 0 aliphatic rings. The first-order valence-electron chi connectivity index (χ1n) is 7.38. The van der Waals surface area contributed by atoms with Gasteiger partial charge in [-0.05, 0) is 42.0 Å². The van der Waals surface area contributed by atoms with Crippen molar-refractivity contribution in [2.24, 2.45) is 0 Å². The molecular formula is C17H19ClN2O4S.